The fourth-order valence-electron chi connectivity index (χ4n) is 1.94. The molecule has 4 nitrogen and oxygen atoms in total. The number of hydrogen-bond acceptors (Lipinski definition) is 4. The van der Waals surface area contributed by atoms with Crippen molar-refractivity contribution in [1.82, 2.24) is 4.98 Å². The summed E-state index contributed by atoms with van der Waals surface area (Å²) >= 11 is 0. The second-order valence-corrected chi connectivity index (χ2v) is 4.12. The molecule has 88 valence electrons. The van der Waals surface area contributed by atoms with Crippen molar-refractivity contribution in [3.8, 4) is 5.75 Å². The van der Waals surface area contributed by atoms with E-state index in [9.17, 15) is 5.11 Å². The molecule has 0 amide bonds. The average molecular weight is 231 g/mol. The van der Waals surface area contributed by atoms with Crippen molar-refractivity contribution in [2.75, 3.05) is 13.2 Å². The number of aliphatic hydroxyl groups is 1. The molecule has 1 fully saturated rings. The first-order valence-electron chi connectivity index (χ1n) is 5.60. The van der Waals surface area contributed by atoms with Gasteiger partial charge in [0.05, 0.1) is 18.7 Å². The Bertz CT molecular complexity index is 529. The van der Waals surface area contributed by atoms with Crippen LogP contribution in [0.1, 0.15) is 0 Å². The van der Waals surface area contributed by atoms with Gasteiger partial charge in [-0.15, -0.1) is 0 Å². The van der Waals surface area contributed by atoms with Crippen LogP contribution in [-0.2, 0) is 4.74 Å². The largest absolute Gasteiger partial charge is 0.485 e. The van der Waals surface area contributed by atoms with Crippen molar-refractivity contribution in [1.29, 1.82) is 0 Å². The molecule has 0 bridgehead atoms. The predicted molar refractivity (Wildman–Crippen MR) is 63.0 cm³/mol. The van der Waals surface area contributed by atoms with Gasteiger partial charge in [-0.05, 0) is 24.3 Å². The van der Waals surface area contributed by atoms with Crippen LogP contribution in [0.2, 0.25) is 0 Å². The van der Waals surface area contributed by atoms with Gasteiger partial charge in [0.2, 0.25) is 0 Å². The summed E-state index contributed by atoms with van der Waals surface area (Å²) < 4.78 is 10.8. The zero-order valence-corrected chi connectivity index (χ0v) is 9.24. The Morgan fingerprint density at radius 1 is 1.29 bits per heavy atom. The third-order valence-corrected chi connectivity index (χ3v) is 2.86. The summed E-state index contributed by atoms with van der Waals surface area (Å²) in [6, 6.07) is 9.57. The van der Waals surface area contributed by atoms with Gasteiger partial charge in [-0.3, -0.25) is 4.98 Å². The number of benzene rings is 1. The lowest BCUT2D eigenvalue weighted by atomic mass is 10.2. The summed E-state index contributed by atoms with van der Waals surface area (Å²) in [7, 11) is 0. The number of rotatable bonds is 2. The first-order chi connectivity index (χ1) is 8.33. The minimum atomic E-state index is -0.542. The van der Waals surface area contributed by atoms with Crippen molar-refractivity contribution in [3.05, 3.63) is 36.5 Å². The Hall–Kier alpha value is -1.65. The quantitative estimate of drug-likeness (QED) is 0.848. The molecular weight excluding hydrogens is 218 g/mol. The lowest BCUT2D eigenvalue weighted by Crippen LogP contribution is -2.29. The van der Waals surface area contributed by atoms with Crippen LogP contribution in [0, 0.1) is 0 Å². The van der Waals surface area contributed by atoms with Crippen molar-refractivity contribution in [2.24, 2.45) is 0 Å². The third kappa shape index (κ3) is 2.09. The highest BCUT2D eigenvalue weighted by atomic mass is 16.6. The number of fused-ring (bicyclic) bond motifs is 1. The molecule has 2 atom stereocenters. The van der Waals surface area contributed by atoms with Crippen LogP contribution in [0.15, 0.2) is 36.5 Å². The van der Waals surface area contributed by atoms with Crippen LogP contribution >= 0.6 is 0 Å². The molecular formula is C13H13NO3. The van der Waals surface area contributed by atoms with Crippen molar-refractivity contribution >= 4 is 10.9 Å². The maximum absolute atomic E-state index is 9.60. The first kappa shape index (κ1) is 10.5. The highest BCUT2D eigenvalue weighted by molar-refractivity contribution is 5.79. The molecule has 0 aliphatic carbocycles. The summed E-state index contributed by atoms with van der Waals surface area (Å²) in [6.45, 7) is 0.784. The van der Waals surface area contributed by atoms with Crippen LogP contribution in [0.3, 0.4) is 0 Å². The highest BCUT2D eigenvalue weighted by Gasteiger charge is 2.27. The molecule has 1 saturated heterocycles. The summed E-state index contributed by atoms with van der Waals surface area (Å²) in [5.74, 6) is 0.736. The Balaban J connectivity index is 1.85. The fourth-order valence-corrected chi connectivity index (χ4v) is 1.94. The molecule has 0 unspecified atom stereocenters. The van der Waals surface area contributed by atoms with E-state index in [0.29, 0.717) is 13.2 Å². The van der Waals surface area contributed by atoms with Crippen LogP contribution in [0.4, 0.5) is 0 Å². The van der Waals surface area contributed by atoms with Crippen LogP contribution in [0.25, 0.3) is 10.9 Å². The molecule has 4 heteroatoms. The maximum atomic E-state index is 9.60. The topological polar surface area (TPSA) is 51.6 Å². The zero-order valence-electron chi connectivity index (χ0n) is 9.24. The molecule has 3 rings (SSSR count). The molecule has 0 spiro atoms. The average Bonchev–Trinajstić information content (AvgIpc) is 2.75. The van der Waals surface area contributed by atoms with Crippen molar-refractivity contribution in [2.45, 2.75) is 12.2 Å². The van der Waals surface area contributed by atoms with E-state index in [1.807, 2.05) is 30.3 Å². The van der Waals surface area contributed by atoms with E-state index < -0.39 is 6.10 Å². The standard InChI is InChI=1S/C13H13NO3/c15-12-7-16-8-13(12)17-10-3-4-11-9(6-10)2-1-5-14-11/h1-6,12-13,15H,7-8H2/t12-,13-/m1/s1. The molecule has 2 heterocycles. The van der Waals surface area contributed by atoms with Crippen LogP contribution in [-0.4, -0.2) is 35.5 Å². The summed E-state index contributed by atoms with van der Waals surface area (Å²) in [5, 5.41) is 10.6. The second kappa shape index (κ2) is 4.31. The molecule has 17 heavy (non-hydrogen) atoms. The first-order valence-corrected chi connectivity index (χ1v) is 5.60. The number of hydrogen-bond donors (Lipinski definition) is 1. The summed E-state index contributed by atoms with van der Waals surface area (Å²) in [4.78, 5) is 4.24. The molecule has 1 N–H and O–H groups in total. The highest BCUT2D eigenvalue weighted by Crippen LogP contribution is 2.22. The van der Waals surface area contributed by atoms with E-state index in [1.165, 1.54) is 0 Å². The lowest BCUT2D eigenvalue weighted by molar-refractivity contribution is 0.0734. The van der Waals surface area contributed by atoms with Gasteiger partial charge in [-0.2, -0.15) is 0 Å². The van der Waals surface area contributed by atoms with Gasteiger partial charge >= 0.3 is 0 Å². The van der Waals surface area contributed by atoms with Gasteiger partial charge in [-0.1, -0.05) is 6.07 Å². The van der Waals surface area contributed by atoms with Gasteiger partial charge in [0.25, 0.3) is 0 Å². The van der Waals surface area contributed by atoms with Gasteiger partial charge < -0.3 is 14.6 Å². The van der Waals surface area contributed by atoms with Gasteiger partial charge in [0.15, 0.2) is 0 Å². The Kier molecular flexibility index (Phi) is 2.66. The smallest absolute Gasteiger partial charge is 0.150 e. The lowest BCUT2D eigenvalue weighted by Gasteiger charge is -2.15. The normalized spacial score (nSPS) is 24.1. The van der Waals surface area contributed by atoms with E-state index in [1.54, 1.807) is 6.20 Å². The number of aliphatic hydroxyl groups excluding tert-OH is 1. The van der Waals surface area contributed by atoms with Gasteiger partial charge in [0, 0.05) is 11.6 Å². The molecule has 0 radical (unpaired) electrons. The SMILES string of the molecule is O[C@@H]1COC[C@H]1Oc1ccc2ncccc2c1. The molecule has 1 aliphatic rings. The Morgan fingerprint density at radius 3 is 3.06 bits per heavy atom. The maximum Gasteiger partial charge on any atom is 0.150 e. The number of pyridine rings is 1. The van der Waals surface area contributed by atoms with Crippen LogP contribution < -0.4 is 4.74 Å². The minimum Gasteiger partial charge on any atom is -0.485 e. The Morgan fingerprint density at radius 2 is 2.24 bits per heavy atom. The second-order valence-electron chi connectivity index (χ2n) is 4.12. The van der Waals surface area contributed by atoms with Crippen molar-refractivity contribution in [3.63, 3.8) is 0 Å². The van der Waals surface area contributed by atoms with E-state index >= 15 is 0 Å². The van der Waals surface area contributed by atoms with Gasteiger partial charge in [-0.25, -0.2) is 0 Å². The predicted octanol–water partition coefficient (Wildman–Crippen LogP) is 1.37. The molecule has 1 aromatic heterocycles. The molecule has 0 saturated carbocycles. The van der Waals surface area contributed by atoms with Crippen molar-refractivity contribution < 1.29 is 14.6 Å². The third-order valence-electron chi connectivity index (χ3n) is 2.86. The zero-order chi connectivity index (χ0) is 11.7. The summed E-state index contributed by atoms with van der Waals surface area (Å²) in [5.41, 5.74) is 0.933. The molecule has 2 aromatic rings. The van der Waals surface area contributed by atoms with E-state index in [0.717, 1.165) is 16.7 Å². The van der Waals surface area contributed by atoms with Crippen LogP contribution in [0.5, 0.6) is 5.75 Å². The minimum absolute atomic E-state index is 0.274. The Labute approximate surface area is 98.8 Å². The molecule has 1 aromatic carbocycles. The van der Waals surface area contributed by atoms with E-state index in [4.69, 9.17) is 9.47 Å². The number of aromatic nitrogens is 1. The van der Waals surface area contributed by atoms with E-state index in [-0.39, 0.29) is 6.10 Å². The monoisotopic (exact) mass is 231 g/mol. The summed E-state index contributed by atoms with van der Waals surface area (Å²) in [6.07, 6.45) is 0.945. The fraction of sp³-hybridized carbons (Fsp3) is 0.308. The number of ether oxygens (including phenoxy) is 2. The number of nitrogens with zero attached hydrogens (tertiary/aromatic N) is 1. The van der Waals surface area contributed by atoms with Gasteiger partial charge in [0.1, 0.15) is 18.0 Å². The molecule has 1 aliphatic heterocycles. The van der Waals surface area contributed by atoms with E-state index in [2.05, 4.69) is 4.98 Å².